The molecule has 2 heterocycles. The fourth-order valence-electron chi connectivity index (χ4n) is 3.43. The number of amides is 1. The number of carbonyl (C=O) groups is 1. The summed E-state index contributed by atoms with van der Waals surface area (Å²) >= 11 is 0. The van der Waals surface area contributed by atoms with Gasteiger partial charge in [-0.05, 0) is 30.7 Å². The Balaban J connectivity index is 1.92. The summed E-state index contributed by atoms with van der Waals surface area (Å²) in [7, 11) is 0. The summed E-state index contributed by atoms with van der Waals surface area (Å²) in [5.74, 6) is -3.15. The highest BCUT2D eigenvalue weighted by Gasteiger charge is 2.46. The molecule has 1 aliphatic rings. The molecule has 0 saturated carbocycles. The number of fused-ring (bicyclic) bond motifs is 3. The second-order valence-electron chi connectivity index (χ2n) is 5.95. The SMILES string of the molecule is CCn1c2ccccc2c2cc([C@H]3NC(=O)OCC3(F)F)ccc21. The summed E-state index contributed by atoms with van der Waals surface area (Å²) < 4.78 is 34.9. The van der Waals surface area contributed by atoms with Crippen molar-refractivity contribution in [2.75, 3.05) is 6.61 Å². The zero-order valence-corrected chi connectivity index (χ0v) is 13.1. The number of alkyl carbamates (subject to hydrolysis) is 1. The molecule has 4 nitrogen and oxygen atoms in total. The van der Waals surface area contributed by atoms with Crippen molar-refractivity contribution >= 4 is 27.9 Å². The van der Waals surface area contributed by atoms with Crippen molar-refractivity contribution in [3.8, 4) is 0 Å². The number of nitrogens with zero attached hydrogens (tertiary/aromatic N) is 1. The van der Waals surface area contributed by atoms with Crippen LogP contribution in [0.2, 0.25) is 0 Å². The first-order chi connectivity index (χ1) is 11.5. The highest BCUT2D eigenvalue weighted by Crippen LogP contribution is 2.37. The van der Waals surface area contributed by atoms with Crippen LogP contribution in [0.1, 0.15) is 18.5 Å². The third-order valence-electron chi connectivity index (χ3n) is 4.53. The van der Waals surface area contributed by atoms with E-state index in [4.69, 9.17) is 0 Å². The first kappa shape index (κ1) is 14.9. The molecule has 1 amide bonds. The Morgan fingerprint density at radius 3 is 2.75 bits per heavy atom. The third kappa shape index (κ3) is 2.13. The molecule has 0 aliphatic carbocycles. The Bertz CT molecular complexity index is 949. The molecule has 0 radical (unpaired) electrons. The number of hydrogen-bond donors (Lipinski definition) is 1. The van der Waals surface area contributed by atoms with Gasteiger partial charge in [-0.1, -0.05) is 24.3 Å². The largest absolute Gasteiger partial charge is 0.443 e. The highest BCUT2D eigenvalue weighted by atomic mass is 19.3. The number of carbonyl (C=O) groups excluding carboxylic acids is 1. The predicted octanol–water partition coefficient (Wildman–Crippen LogP) is 4.23. The van der Waals surface area contributed by atoms with Crippen LogP contribution in [0.3, 0.4) is 0 Å². The number of benzene rings is 2. The minimum Gasteiger partial charge on any atom is -0.443 e. The fraction of sp³-hybridized carbons (Fsp3) is 0.278. The number of rotatable bonds is 2. The van der Waals surface area contributed by atoms with Gasteiger partial charge in [0.25, 0.3) is 0 Å². The standard InChI is InChI=1S/C18H16F2N2O2/c1-2-22-14-6-4-3-5-12(14)13-9-11(7-8-15(13)22)16-18(19,20)10-24-17(23)21-16/h3-9,16H,2,10H2,1H3,(H,21,23)/t16-/m1/s1. The van der Waals surface area contributed by atoms with Crippen LogP contribution in [0.15, 0.2) is 42.5 Å². The zero-order chi connectivity index (χ0) is 16.9. The Hall–Kier alpha value is -2.63. The monoisotopic (exact) mass is 330 g/mol. The van der Waals surface area contributed by atoms with Gasteiger partial charge in [-0.2, -0.15) is 0 Å². The Kier molecular flexibility index (Phi) is 3.23. The summed E-state index contributed by atoms with van der Waals surface area (Å²) in [6.45, 7) is 1.93. The first-order valence-corrected chi connectivity index (χ1v) is 7.83. The van der Waals surface area contributed by atoms with Gasteiger partial charge in [-0.15, -0.1) is 0 Å². The number of cyclic esters (lactones) is 1. The zero-order valence-electron chi connectivity index (χ0n) is 13.1. The Labute approximate surface area is 137 Å². The number of aromatic nitrogens is 1. The number of alkyl halides is 2. The second-order valence-corrected chi connectivity index (χ2v) is 5.95. The van der Waals surface area contributed by atoms with Gasteiger partial charge in [0.2, 0.25) is 0 Å². The molecule has 0 spiro atoms. The Morgan fingerprint density at radius 2 is 1.96 bits per heavy atom. The molecule has 0 bridgehead atoms. The van der Waals surface area contributed by atoms with E-state index in [0.717, 1.165) is 28.4 Å². The molecule has 1 fully saturated rings. The van der Waals surface area contributed by atoms with Gasteiger partial charge in [-0.25, -0.2) is 13.6 Å². The molecular weight excluding hydrogens is 314 g/mol. The summed E-state index contributed by atoms with van der Waals surface area (Å²) in [6.07, 6.45) is -0.818. The van der Waals surface area contributed by atoms with E-state index >= 15 is 0 Å². The van der Waals surface area contributed by atoms with Gasteiger partial charge in [0.1, 0.15) is 6.04 Å². The number of aryl methyl sites for hydroxylation is 1. The van der Waals surface area contributed by atoms with Crippen molar-refractivity contribution in [2.24, 2.45) is 0 Å². The van der Waals surface area contributed by atoms with Crippen molar-refractivity contribution in [1.29, 1.82) is 0 Å². The van der Waals surface area contributed by atoms with Crippen LogP contribution < -0.4 is 5.32 Å². The summed E-state index contributed by atoms with van der Waals surface area (Å²) in [6, 6.07) is 11.7. The lowest BCUT2D eigenvalue weighted by Crippen LogP contribution is -2.49. The Morgan fingerprint density at radius 1 is 1.21 bits per heavy atom. The van der Waals surface area contributed by atoms with Gasteiger partial charge in [0.15, 0.2) is 6.61 Å². The van der Waals surface area contributed by atoms with Crippen molar-refractivity contribution < 1.29 is 18.3 Å². The lowest BCUT2D eigenvalue weighted by molar-refractivity contribution is -0.104. The molecule has 6 heteroatoms. The minimum absolute atomic E-state index is 0.378. The molecule has 0 unspecified atom stereocenters. The fourth-order valence-corrected chi connectivity index (χ4v) is 3.43. The van der Waals surface area contributed by atoms with Crippen LogP contribution in [-0.2, 0) is 11.3 Å². The van der Waals surface area contributed by atoms with Crippen LogP contribution in [0, 0.1) is 0 Å². The topological polar surface area (TPSA) is 43.3 Å². The molecule has 1 aromatic heterocycles. The van der Waals surface area contributed by atoms with E-state index in [2.05, 4.69) is 14.6 Å². The number of nitrogens with one attached hydrogen (secondary N) is 1. The van der Waals surface area contributed by atoms with Gasteiger partial charge in [0, 0.05) is 28.4 Å². The maximum Gasteiger partial charge on any atom is 0.408 e. The van der Waals surface area contributed by atoms with Crippen LogP contribution >= 0.6 is 0 Å². The normalized spacial score (nSPS) is 20.1. The van der Waals surface area contributed by atoms with Crippen molar-refractivity contribution in [3.63, 3.8) is 0 Å². The maximum atomic E-state index is 14.2. The molecule has 3 aromatic rings. The van der Waals surface area contributed by atoms with E-state index in [1.54, 1.807) is 12.1 Å². The molecule has 124 valence electrons. The first-order valence-electron chi connectivity index (χ1n) is 7.83. The number of ether oxygens (including phenoxy) is 1. The number of hydrogen-bond acceptors (Lipinski definition) is 2. The smallest absolute Gasteiger partial charge is 0.408 e. The minimum atomic E-state index is -3.15. The molecule has 24 heavy (non-hydrogen) atoms. The second kappa shape index (κ2) is 5.19. The molecule has 2 aromatic carbocycles. The highest BCUT2D eigenvalue weighted by molar-refractivity contribution is 6.08. The van der Waals surface area contributed by atoms with E-state index in [1.807, 2.05) is 37.3 Å². The molecule has 1 atom stereocenters. The van der Waals surface area contributed by atoms with E-state index < -0.39 is 24.7 Å². The van der Waals surface area contributed by atoms with Gasteiger partial charge < -0.3 is 14.6 Å². The third-order valence-corrected chi connectivity index (χ3v) is 4.53. The van der Waals surface area contributed by atoms with E-state index in [1.165, 1.54) is 0 Å². The average molecular weight is 330 g/mol. The maximum absolute atomic E-state index is 14.2. The van der Waals surface area contributed by atoms with Crippen molar-refractivity contribution in [1.82, 2.24) is 9.88 Å². The van der Waals surface area contributed by atoms with Crippen LogP contribution in [0.5, 0.6) is 0 Å². The summed E-state index contributed by atoms with van der Waals surface area (Å²) in [5.41, 5.74) is 2.43. The lowest BCUT2D eigenvalue weighted by atomic mass is 9.98. The number of halogens is 2. The van der Waals surface area contributed by atoms with Crippen LogP contribution in [0.25, 0.3) is 21.8 Å². The van der Waals surface area contributed by atoms with Crippen molar-refractivity contribution in [3.05, 3.63) is 48.0 Å². The van der Waals surface area contributed by atoms with E-state index in [-0.39, 0.29) is 0 Å². The molecule has 1 aliphatic heterocycles. The van der Waals surface area contributed by atoms with Crippen LogP contribution in [-0.4, -0.2) is 23.2 Å². The molecular formula is C18H16F2N2O2. The molecule has 4 rings (SSSR count). The summed E-state index contributed by atoms with van der Waals surface area (Å²) in [4.78, 5) is 11.4. The molecule has 1 saturated heterocycles. The van der Waals surface area contributed by atoms with Gasteiger partial charge in [0.05, 0.1) is 0 Å². The van der Waals surface area contributed by atoms with Gasteiger partial charge in [-0.3, -0.25) is 0 Å². The van der Waals surface area contributed by atoms with Crippen molar-refractivity contribution in [2.45, 2.75) is 25.4 Å². The predicted molar refractivity (Wildman–Crippen MR) is 87.3 cm³/mol. The summed E-state index contributed by atoms with van der Waals surface area (Å²) in [5, 5.41) is 4.15. The lowest BCUT2D eigenvalue weighted by Gasteiger charge is -2.31. The van der Waals surface area contributed by atoms with Gasteiger partial charge >= 0.3 is 12.0 Å². The quantitative estimate of drug-likeness (QED) is 0.764. The van der Waals surface area contributed by atoms with E-state index in [0.29, 0.717) is 5.56 Å². The molecule has 1 N–H and O–H groups in total. The van der Waals surface area contributed by atoms with Crippen LogP contribution in [0.4, 0.5) is 13.6 Å². The average Bonchev–Trinajstić information content (AvgIpc) is 2.90. The number of para-hydroxylation sites is 1. The van der Waals surface area contributed by atoms with E-state index in [9.17, 15) is 13.6 Å².